The molecule has 1 unspecified atom stereocenters. The third kappa shape index (κ3) is 2.28. The molecule has 0 aromatic heterocycles. The van der Waals surface area contributed by atoms with Gasteiger partial charge in [-0.2, -0.15) is 0 Å². The highest BCUT2D eigenvalue weighted by Gasteiger charge is 2.25. The summed E-state index contributed by atoms with van der Waals surface area (Å²) < 4.78 is 21.0. The van der Waals surface area contributed by atoms with Crippen molar-refractivity contribution < 1.29 is 18.7 Å². The smallest absolute Gasteiger partial charge is 0.306 e. The highest BCUT2D eigenvalue weighted by molar-refractivity contribution is 7.79. The van der Waals surface area contributed by atoms with Gasteiger partial charge < -0.3 is 9.66 Å². The van der Waals surface area contributed by atoms with Gasteiger partial charge >= 0.3 is 5.97 Å². The van der Waals surface area contributed by atoms with Crippen molar-refractivity contribution in [2.24, 2.45) is 5.92 Å². The van der Waals surface area contributed by atoms with Gasteiger partial charge in [0.1, 0.15) is 0 Å². The van der Waals surface area contributed by atoms with E-state index in [0.29, 0.717) is 25.7 Å². The Balaban J connectivity index is 2.39. The van der Waals surface area contributed by atoms with Crippen molar-refractivity contribution in [3.05, 3.63) is 0 Å². The van der Waals surface area contributed by atoms with E-state index in [2.05, 4.69) is 0 Å². The van der Waals surface area contributed by atoms with Gasteiger partial charge in [-0.1, -0.05) is 11.1 Å². The molecule has 12 heavy (non-hydrogen) atoms. The van der Waals surface area contributed by atoms with Crippen molar-refractivity contribution in [1.29, 1.82) is 0 Å². The van der Waals surface area contributed by atoms with Gasteiger partial charge in [0, 0.05) is 5.25 Å². The second-order valence-corrected chi connectivity index (χ2v) is 4.26. The third-order valence-electron chi connectivity index (χ3n) is 2.30. The third-order valence-corrected chi connectivity index (χ3v) is 3.31. The van der Waals surface area contributed by atoms with Crippen molar-refractivity contribution in [1.82, 2.24) is 0 Å². The molecule has 0 heterocycles. The molecule has 0 radical (unpaired) electrons. The molecule has 0 bridgehead atoms. The minimum atomic E-state index is -2.02. The van der Waals surface area contributed by atoms with Crippen LogP contribution in [0.3, 0.4) is 0 Å². The Morgan fingerprint density at radius 1 is 1.33 bits per heavy atom. The molecule has 0 aliphatic heterocycles. The molecule has 0 saturated heterocycles. The summed E-state index contributed by atoms with van der Waals surface area (Å²) in [6.45, 7) is 0. The van der Waals surface area contributed by atoms with Crippen LogP contribution in [0.5, 0.6) is 0 Å². The zero-order chi connectivity index (χ0) is 9.14. The van der Waals surface area contributed by atoms with E-state index >= 15 is 0 Å². The normalized spacial score (nSPS) is 32.8. The molecule has 1 atom stereocenters. The minimum Gasteiger partial charge on any atom is -0.772 e. The van der Waals surface area contributed by atoms with E-state index in [1.807, 2.05) is 0 Å². The predicted molar refractivity (Wildman–Crippen MR) is 42.3 cm³/mol. The minimum absolute atomic E-state index is 0.319. The quantitative estimate of drug-likeness (QED) is 0.645. The van der Waals surface area contributed by atoms with E-state index in [1.165, 1.54) is 0 Å². The van der Waals surface area contributed by atoms with E-state index < -0.39 is 17.0 Å². The maximum Gasteiger partial charge on any atom is 0.306 e. The predicted octanol–water partition coefficient (Wildman–Crippen LogP) is 0.509. The Morgan fingerprint density at radius 3 is 2.17 bits per heavy atom. The topological polar surface area (TPSA) is 77.4 Å². The zero-order valence-corrected chi connectivity index (χ0v) is 7.38. The lowest BCUT2D eigenvalue weighted by Crippen LogP contribution is -2.26. The number of aliphatic carboxylic acids is 1. The maximum atomic E-state index is 10.5. The first-order valence-electron chi connectivity index (χ1n) is 3.92. The van der Waals surface area contributed by atoms with Crippen LogP contribution in [0.25, 0.3) is 0 Å². The van der Waals surface area contributed by atoms with Crippen LogP contribution in [0.2, 0.25) is 0 Å². The van der Waals surface area contributed by atoms with Crippen molar-refractivity contribution in [2.75, 3.05) is 0 Å². The van der Waals surface area contributed by atoms with Crippen LogP contribution < -0.4 is 0 Å². The average molecular weight is 191 g/mol. The van der Waals surface area contributed by atoms with Gasteiger partial charge in [0.25, 0.3) is 0 Å². The largest absolute Gasteiger partial charge is 0.772 e. The molecular formula is C7H11O4S-. The van der Waals surface area contributed by atoms with Crippen LogP contribution in [-0.4, -0.2) is 25.1 Å². The van der Waals surface area contributed by atoms with Crippen molar-refractivity contribution >= 4 is 17.0 Å². The van der Waals surface area contributed by atoms with Crippen LogP contribution in [0, 0.1) is 5.92 Å². The first-order chi connectivity index (χ1) is 5.61. The number of carboxylic acids is 1. The van der Waals surface area contributed by atoms with E-state index in [9.17, 15) is 13.6 Å². The summed E-state index contributed by atoms with van der Waals surface area (Å²) in [4.78, 5) is 10.5. The lowest BCUT2D eigenvalue weighted by atomic mass is 9.89. The fourth-order valence-electron chi connectivity index (χ4n) is 1.50. The molecule has 0 aromatic rings. The maximum absolute atomic E-state index is 10.5. The fourth-order valence-corrected chi connectivity index (χ4v) is 2.16. The summed E-state index contributed by atoms with van der Waals surface area (Å²) in [6, 6.07) is 0. The molecule has 1 aliphatic rings. The summed E-state index contributed by atoms with van der Waals surface area (Å²) in [7, 11) is 0. The van der Waals surface area contributed by atoms with Gasteiger partial charge in [-0.15, -0.1) is 0 Å². The SMILES string of the molecule is O=C(O)C1CCC(S(=O)[O-])CC1. The van der Waals surface area contributed by atoms with Crippen molar-refractivity contribution in [3.63, 3.8) is 0 Å². The molecule has 1 fully saturated rings. The second kappa shape index (κ2) is 4.00. The molecule has 4 nitrogen and oxygen atoms in total. The van der Waals surface area contributed by atoms with Crippen LogP contribution in [0.15, 0.2) is 0 Å². The first-order valence-corrected chi connectivity index (χ1v) is 5.06. The highest BCUT2D eigenvalue weighted by atomic mass is 32.2. The molecule has 5 heteroatoms. The van der Waals surface area contributed by atoms with Gasteiger partial charge in [0.15, 0.2) is 0 Å². The standard InChI is InChI=1S/C7H12O4S/c8-7(9)5-1-3-6(4-2-5)12(10)11/h5-6H,1-4H2,(H,8,9)(H,10,11)/p-1. The van der Waals surface area contributed by atoms with E-state index in [0.717, 1.165) is 0 Å². The molecule has 1 saturated carbocycles. The number of rotatable bonds is 2. The number of hydrogen-bond acceptors (Lipinski definition) is 3. The summed E-state index contributed by atoms with van der Waals surface area (Å²) in [5.41, 5.74) is 0. The van der Waals surface area contributed by atoms with Crippen LogP contribution in [0.4, 0.5) is 0 Å². The van der Waals surface area contributed by atoms with Crippen LogP contribution in [-0.2, 0) is 15.9 Å². The molecule has 70 valence electrons. The first kappa shape index (κ1) is 9.67. The van der Waals surface area contributed by atoms with Crippen LogP contribution in [0.1, 0.15) is 25.7 Å². The monoisotopic (exact) mass is 191 g/mol. The zero-order valence-electron chi connectivity index (χ0n) is 6.56. The van der Waals surface area contributed by atoms with Gasteiger partial charge in [0.05, 0.1) is 5.92 Å². The Labute approximate surface area is 73.3 Å². The van der Waals surface area contributed by atoms with Gasteiger partial charge in [-0.3, -0.25) is 9.00 Å². The van der Waals surface area contributed by atoms with Gasteiger partial charge in [-0.25, -0.2) is 0 Å². The Hall–Kier alpha value is -0.420. The Kier molecular flexibility index (Phi) is 3.22. The number of carboxylic acid groups (broad SMARTS) is 1. The summed E-state index contributed by atoms with van der Waals surface area (Å²) >= 11 is -2.02. The van der Waals surface area contributed by atoms with E-state index in [4.69, 9.17) is 5.11 Å². The molecule has 1 rings (SSSR count). The van der Waals surface area contributed by atoms with E-state index in [-0.39, 0.29) is 11.2 Å². The van der Waals surface area contributed by atoms with E-state index in [1.54, 1.807) is 0 Å². The number of carbonyl (C=O) groups is 1. The highest BCUT2D eigenvalue weighted by Crippen LogP contribution is 2.26. The molecule has 0 aromatic carbocycles. The van der Waals surface area contributed by atoms with Crippen LogP contribution >= 0.6 is 0 Å². The Morgan fingerprint density at radius 2 is 1.83 bits per heavy atom. The summed E-state index contributed by atoms with van der Waals surface area (Å²) in [6.07, 6.45) is 1.97. The van der Waals surface area contributed by atoms with Crippen molar-refractivity contribution in [2.45, 2.75) is 30.9 Å². The second-order valence-electron chi connectivity index (χ2n) is 3.07. The average Bonchev–Trinajstić information content (AvgIpc) is 2.04. The molecule has 1 N–H and O–H groups in total. The van der Waals surface area contributed by atoms with Gasteiger partial charge in [-0.05, 0) is 25.7 Å². The molecule has 1 aliphatic carbocycles. The molecule has 0 spiro atoms. The lowest BCUT2D eigenvalue weighted by Gasteiger charge is -2.27. The fraction of sp³-hybridized carbons (Fsp3) is 0.857. The molecule has 0 amide bonds. The molecular weight excluding hydrogens is 180 g/mol. The number of hydrogen-bond donors (Lipinski definition) is 1. The van der Waals surface area contributed by atoms with Gasteiger partial charge in [0.2, 0.25) is 0 Å². The van der Waals surface area contributed by atoms with Crippen molar-refractivity contribution in [3.8, 4) is 0 Å². The lowest BCUT2D eigenvalue weighted by molar-refractivity contribution is -0.142. The Bertz CT molecular complexity index is 174. The summed E-state index contributed by atoms with van der Waals surface area (Å²) in [5.74, 6) is -1.13. The summed E-state index contributed by atoms with van der Waals surface area (Å²) in [5, 5.41) is 8.29.